The van der Waals surface area contributed by atoms with E-state index >= 15 is 0 Å². The summed E-state index contributed by atoms with van der Waals surface area (Å²) < 4.78 is 0. The highest BCUT2D eigenvalue weighted by Crippen LogP contribution is 2.11. The van der Waals surface area contributed by atoms with Crippen LogP contribution in [0, 0.1) is 0 Å². The van der Waals surface area contributed by atoms with Crippen LogP contribution in [0.25, 0.3) is 0 Å². The van der Waals surface area contributed by atoms with Crippen LogP contribution in [0.3, 0.4) is 0 Å². The molecule has 1 aliphatic rings. The van der Waals surface area contributed by atoms with Crippen molar-refractivity contribution >= 4 is 11.8 Å². The minimum absolute atomic E-state index is 0.0720. The van der Waals surface area contributed by atoms with Crippen molar-refractivity contribution < 1.29 is 9.90 Å². The van der Waals surface area contributed by atoms with Gasteiger partial charge in [0, 0.05) is 19.2 Å². The molecule has 0 atom stereocenters. The van der Waals surface area contributed by atoms with E-state index in [1.54, 1.807) is 0 Å². The standard InChI is InChI=1S/C12H14N2O2/c1-14-7-6-13-12(14)10-4-2-9(3-5-10)8-11(15)16/h2-5H,6-8H2,1H3,(H,15,16). The Morgan fingerprint density at radius 3 is 2.62 bits per heavy atom. The number of carboxylic acid groups (broad SMARTS) is 1. The van der Waals surface area contributed by atoms with E-state index in [2.05, 4.69) is 9.89 Å². The molecule has 0 fully saturated rings. The van der Waals surface area contributed by atoms with E-state index in [0.29, 0.717) is 0 Å². The van der Waals surface area contributed by atoms with E-state index in [1.807, 2.05) is 31.3 Å². The van der Waals surface area contributed by atoms with Gasteiger partial charge in [-0.25, -0.2) is 0 Å². The number of hydrogen-bond donors (Lipinski definition) is 1. The lowest BCUT2D eigenvalue weighted by molar-refractivity contribution is -0.136. The molecule has 1 N–H and O–H groups in total. The van der Waals surface area contributed by atoms with E-state index < -0.39 is 5.97 Å². The molecule has 0 aliphatic carbocycles. The third-order valence-electron chi connectivity index (χ3n) is 2.63. The van der Waals surface area contributed by atoms with Crippen LogP contribution in [-0.2, 0) is 11.2 Å². The van der Waals surface area contributed by atoms with Gasteiger partial charge in [0.05, 0.1) is 13.0 Å². The van der Waals surface area contributed by atoms with Crippen molar-refractivity contribution in [2.45, 2.75) is 6.42 Å². The Balaban J connectivity index is 2.16. The van der Waals surface area contributed by atoms with Crippen molar-refractivity contribution in [1.82, 2.24) is 4.90 Å². The van der Waals surface area contributed by atoms with Crippen LogP contribution < -0.4 is 0 Å². The van der Waals surface area contributed by atoms with Gasteiger partial charge >= 0.3 is 5.97 Å². The molecule has 1 aromatic carbocycles. The Hall–Kier alpha value is -1.84. The summed E-state index contributed by atoms with van der Waals surface area (Å²) in [6, 6.07) is 7.55. The molecule has 0 unspecified atom stereocenters. The van der Waals surface area contributed by atoms with Crippen LogP contribution in [0.4, 0.5) is 0 Å². The Labute approximate surface area is 94.2 Å². The molecule has 16 heavy (non-hydrogen) atoms. The monoisotopic (exact) mass is 218 g/mol. The Kier molecular flexibility index (Phi) is 2.90. The molecule has 0 spiro atoms. The number of amidine groups is 1. The van der Waals surface area contributed by atoms with E-state index in [-0.39, 0.29) is 6.42 Å². The highest BCUT2D eigenvalue weighted by molar-refractivity contribution is 5.99. The molecule has 0 saturated carbocycles. The predicted molar refractivity (Wildman–Crippen MR) is 61.8 cm³/mol. The van der Waals surface area contributed by atoms with Crippen LogP contribution >= 0.6 is 0 Å². The number of hydrogen-bond acceptors (Lipinski definition) is 3. The van der Waals surface area contributed by atoms with E-state index in [0.717, 1.165) is 30.1 Å². The lowest BCUT2D eigenvalue weighted by atomic mass is 10.1. The molecule has 1 aromatic rings. The summed E-state index contributed by atoms with van der Waals surface area (Å²) in [6.45, 7) is 1.79. The molecule has 0 aromatic heterocycles. The van der Waals surface area contributed by atoms with Crippen LogP contribution in [0.5, 0.6) is 0 Å². The van der Waals surface area contributed by atoms with Gasteiger partial charge in [-0.15, -0.1) is 0 Å². The largest absolute Gasteiger partial charge is 0.481 e. The number of nitrogens with zero attached hydrogens (tertiary/aromatic N) is 2. The van der Waals surface area contributed by atoms with Gasteiger partial charge in [0.25, 0.3) is 0 Å². The van der Waals surface area contributed by atoms with Crippen LogP contribution in [-0.4, -0.2) is 41.9 Å². The van der Waals surface area contributed by atoms with Crippen LogP contribution in [0.15, 0.2) is 29.3 Å². The van der Waals surface area contributed by atoms with Gasteiger partial charge in [-0.3, -0.25) is 9.79 Å². The molecular formula is C12H14N2O2. The van der Waals surface area contributed by atoms with Gasteiger partial charge in [0.2, 0.25) is 0 Å². The first-order valence-electron chi connectivity index (χ1n) is 5.23. The molecule has 2 rings (SSSR count). The maximum absolute atomic E-state index is 10.5. The second kappa shape index (κ2) is 4.35. The Morgan fingerprint density at radius 1 is 1.44 bits per heavy atom. The SMILES string of the molecule is CN1CCN=C1c1ccc(CC(=O)O)cc1. The van der Waals surface area contributed by atoms with Gasteiger partial charge in [-0.1, -0.05) is 24.3 Å². The number of carboxylic acids is 1. The zero-order valence-electron chi connectivity index (χ0n) is 9.18. The average molecular weight is 218 g/mol. The summed E-state index contributed by atoms with van der Waals surface area (Å²) >= 11 is 0. The minimum Gasteiger partial charge on any atom is -0.481 e. The van der Waals surface area contributed by atoms with Crippen molar-refractivity contribution in [2.75, 3.05) is 20.1 Å². The normalized spacial score (nSPS) is 15.1. The molecular weight excluding hydrogens is 204 g/mol. The second-order valence-electron chi connectivity index (χ2n) is 3.89. The Bertz CT molecular complexity index is 423. The smallest absolute Gasteiger partial charge is 0.307 e. The van der Waals surface area contributed by atoms with Crippen molar-refractivity contribution in [3.05, 3.63) is 35.4 Å². The number of likely N-dealkylation sites (N-methyl/N-ethyl adjacent to an activating group) is 1. The Morgan fingerprint density at radius 2 is 2.12 bits per heavy atom. The number of aliphatic imine (C=N–C) groups is 1. The number of aliphatic carboxylic acids is 1. The summed E-state index contributed by atoms with van der Waals surface area (Å²) in [5, 5.41) is 8.66. The lowest BCUT2D eigenvalue weighted by Crippen LogP contribution is -2.23. The first kappa shape index (κ1) is 10.7. The zero-order chi connectivity index (χ0) is 11.5. The fraction of sp³-hybridized carbons (Fsp3) is 0.333. The average Bonchev–Trinajstić information content (AvgIpc) is 2.65. The lowest BCUT2D eigenvalue weighted by Gasteiger charge is -2.13. The molecule has 1 aliphatic heterocycles. The molecule has 1 heterocycles. The molecule has 0 amide bonds. The molecule has 0 saturated heterocycles. The van der Waals surface area contributed by atoms with E-state index in [4.69, 9.17) is 5.11 Å². The van der Waals surface area contributed by atoms with Gasteiger partial charge in [-0.05, 0) is 5.56 Å². The summed E-state index contributed by atoms with van der Waals surface area (Å²) in [6.07, 6.45) is 0.0720. The van der Waals surface area contributed by atoms with Gasteiger partial charge in [-0.2, -0.15) is 0 Å². The zero-order valence-corrected chi connectivity index (χ0v) is 9.18. The quantitative estimate of drug-likeness (QED) is 0.823. The third-order valence-corrected chi connectivity index (χ3v) is 2.63. The first-order chi connectivity index (χ1) is 7.66. The molecule has 4 heteroatoms. The minimum atomic E-state index is -0.803. The van der Waals surface area contributed by atoms with Gasteiger partial charge in [0.15, 0.2) is 0 Å². The second-order valence-corrected chi connectivity index (χ2v) is 3.89. The molecule has 4 nitrogen and oxygen atoms in total. The fourth-order valence-corrected chi connectivity index (χ4v) is 1.79. The summed E-state index contributed by atoms with van der Waals surface area (Å²) in [5.41, 5.74) is 1.87. The number of rotatable bonds is 3. The van der Waals surface area contributed by atoms with Crippen LogP contribution in [0.2, 0.25) is 0 Å². The van der Waals surface area contributed by atoms with Crippen molar-refractivity contribution in [3.63, 3.8) is 0 Å². The third kappa shape index (κ3) is 2.21. The van der Waals surface area contributed by atoms with Gasteiger partial charge < -0.3 is 10.0 Å². The summed E-state index contributed by atoms with van der Waals surface area (Å²) in [4.78, 5) is 17.0. The van der Waals surface area contributed by atoms with Crippen molar-refractivity contribution in [2.24, 2.45) is 4.99 Å². The maximum atomic E-state index is 10.5. The first-order valence-corrected chi connectivity index (χ1v) is 5.23. The molecule has 0 bridgehead atoms. The van der Waals surface area contributed by atoms with Gasteiger partial charge in [0.1, 0.15) is 5.84 Å². The predicted octanol–water partition coefficient (Wildman–Crippen LogP) is 1.01. The number of carbonyl (C=O) groups is 1. The molecule has 0 radical (unpaired) electrons. The highest BCUT2D eigenvalue weighted by atomic mass is 16.4. The van der Waals surface area contributed by atoms with Crippen LogP contribution in [0.1, 0.15) is 11.1 Å². The number of benzene rings is 1. The highest BCUT2D eigenvalue weighted by Gasteiger charge is 2.14. The topological polar surface area (TPSA) is 52.9 Å². The van der Waals surface area contributed by atoms with Crippen molar-refractivity contribution in [3.8, 4) is 0 Å². The summed E-state index contributed by atoms with van der Waals surface area (Å²) in [5.74, 6) is 0.185. The fourth-order valence-electron chi connectivity index (χ4n) is 1.79. The van der Waals surface area contributed by atoms with E-state index in [9.17, 15) is 4.79 Å². The maximum Gasteiger partial charge on any atom is 0.307 e. The van der Waals surface area contributed by atoms with E-state index in [1.165, 1.54) is 0 Å². The molecule has 84 valence electrons. The summed E-state index contributed by atoms with van der Waals surface area (Å²) in [7, 11) is 2.01. The van der Waals surface area contributed by atoms with Crippen molar-refractivity contribution in [1.29, 1.82) is 0 Å².